The number of hydrogen-bond donors (Lipinski definition) is 3. The van der Waals surface area contributed by atoms with Crippen LogP contribution in [0.5, 0.6) is 0 Å². The first-order chi connectivity index (χ1) is 13.3. The highest BCUT2D eigenvalue weighted by atomic mass is 35.5. The molecule has 1 aliphatic rings. The Balaban J connectivity index is 0.00000420. The van der Waals surface area contributed by atoms with Crippen LogP contribution in [0.15, 0.2) is 18.2 Å². The lowest BCUT2D eigenvalue weighted by Gasteiger charge is -2.29. The fraction of sp³-hybridized carbons (Fsp3) is 0.526. The maximum atomic E-state index is 12.2. The van der Waals surface area contributed by atoms with Gasteiger partial charge in [-0.3, -0.25) is 9.59 Å². The molecule has 0 saturated carbocycles. The number of methoxy groups -OCH3 is 1. The van der Waals surface area contributed by atoms with Gasteiger partial charge in [-0.2, -0.15) is 0 Å². The van der Waals surface area contributed by atoms with Crippen molar-refractivity contribution in [2.75, 3.05) is 50.2 Å². The summed E-state index contributed by atoms with van der Waals surface area (Å²) in [6.07, 6.45) is 0. The molecule has 170 valence electrons. The molecular formula is C19H30Cl2N4O5. The summed E-state index contributed by atoms with van der Waals surface area (Å²) in [7, 11) is 1.28. The Labute approximate surface area is 188 Å². The lowest BCUT2D eigenvalue weighted by atomic mass is 10.1. The first-order valence-electron chi connectivity index (χ1n) is 9.21. The van der Waals surface area contributed by atoms with Crippen molar-refractivity contribution in [3.8, 4) is 0 Å². The Morgan fingerprint density at radius 3 is 2.40 bits per heavy atom. The van der Waals surface area contributed by atoms with Crippen LogP contribution < -0.4 is 21.3 Å². The monoisotopic (exact) mass is 464 g/mol. The summed E-state index contributed by atoms with van der Waals surface area (Å²) >= 11 is 0. The minimum atomic E-state index is -0.689. The normalized spacial score (nSPS) is 14.1. The van der Waals surface area contributed by atoms with Crippen molar-refractivity contribution in [1.82, 2.24) is 5.32 Å². The number of ether oxygens (including phenoxy) is 2. The first-order valence-corrected chi connectivity index (χ1v) is 9.21. The van der Waals surface area contributed by atoms with Gasteiger partial charge < -0.3 is 30.7 Å². The molecule has 1 heterocycles. The van der Waals surface area contributed by atoms with Crippen molar-refractivity contribution in [2.45, 2.75) is 19.9 Å². The highest BCUT2D eigenvalue weighted by Gasteiger charge is 2.20. The summed E-state index contributed by atoms with van der Waals surface area (Å²) in [4.78, 5) is 38.4. The van der Waals surface area contributed by atoms with Crippen LogP contribution in [0.4, 0.5) is 11.4 Å². The molecule has 0 spiro atoms. The van der Waals surface area contributed by atoms with Crippen LogP contribution in [-0.4, -0.2) is 63.8 Å². The largest absolute Gasteiger partial charge is 0.465 e. The Bertz CT molecular complexity index is 727. The third-order valence-electron chi connectivity index (χ3n) is 4.50. The Kier molecular flexibility index (Phi) is 12.4. The van der Waals surface area contributed by atoms with Gasteiger partial charge in [-0.25, -0.2) is 4.79 Å². The smallest absolute Gasteiger partial charge is 0.340 e. The summed E-state index contributed by atoms with van der Waals surface area (Å²) in [5.41, 5.74) is 7.15. The fourth-order valence-electron chi connectivity index (χ4n) is 2.72. The quantitative estimate of drug-likeness (QED) is 0.517. The van der Waals surface area contributed by atoms with E-state index in [-0.39, 0.29) is 42.8 Å². The molecule has 0 aromatic heterocycles. The van der Waals surface area contributed by atoms with Crippen LogP contribution in [-0.2, 0) is 19.1 Å². The molecule has 11 heteroatoms. The van der Waals surface area contributed by atoms with Gasteiger partial charge in [0.1, 0.15) is 0 Å². The number of anilines is 2. The standard InChI is InChI=1S/C19H28N4O5.2ClH/c1-12(2)17(20)18(25)21-11-16(24)22-15-5-4-13(10-14(15)19(26)27-3)23-6-8-28-9-7-23;;/h4-5,10,12,17H,6-9,11,20H2,1-3H3,(H,21,25)(H,22,24);2*1H/t17-;;/m0../s1. The molecule has 1 fully saturated rings. The summed E-state index contributed by atoms with van der Waals surface area (Å²) in [6, 6.07) is 4.46. The molecule has 0 radical (unpaired) electrons. The number of nitrogens with two attached hydrogens (primary N) is 1. The van der Waals surface area contributed by atoms with Crippen molar-refractivity contribution in [2.24, 2.45) is 11.7 Å². The number of nitrogens with one attached hydrogen (secondary N) is 2. The SMILES string of the molecule is COC(=O)c1cc(N2CCOCC2)ccc1NC(=O)CNC(=O)[C@@H](N)C(C)C.Cl.Cl. The van der Waals surface area contributed by atoms with Crippen molar-refractivity contribution >= 4 is 54.0 Å². The Hall–Kier alpha value is -2.07. The number of rotatable bonds is 7. The van der Waals surface area contributed by atoms with Crippen LogP contribution in [0.25, 0.3) is 0 Å². The van der Waals surface area contributed by atoms with E-state index in [1.807, 2.05) is 19.9 Å². The minimum Gasteiger partial charge on any atom is -0.465 e. The van der Waals surface area contributed by atoms with Crippen LogP contribution in [0.2, 0.25) is 0 Å². The van der Waals surface area contributed by atoms with Gasteiger partial charge in [0.05, 0.1) is 44.2 Å². The molecular weight excluding hydrogens is 435 g/mol. The van der Waals surface area contributed by atoms with Crippen molar-refractivity contribution < 1.29 is 23.9 Å². The molecule has 4 N–H and O–H groups in total. The number of esters is 1. The molecule has 2 rings (SSSR count). The Morgan fingerprint density at radius 1 is 1.20 bits per heavy atom. The highest BCUT2D eigenvalue weighted by Crippen LogP contribution is 2.25. The summed E-state index contributed by atoms with van der Waals surface area (Å²) in [5.74, 6) is -1.47. The van der Waals surface area contributed by atoms with E-state index in [4.69, 9.17) is 15.2 Å². The molecule has 1 aliphatic heterocycles. The van der Waals surface area contributed by atoms with Crippen molar-refractivity contribution in [3.63, 3.8) is 0 Å². The average molecular weight is 465 g/mol. The molecule has 9 nitrogen and oxygen atoms in total. The summed E-state index contributed by atoms with van der Waals surface area (Å²) < 4.78 is 10.2. The maximum absolute atomic E-state index is 12.2. The third-order valence-corrected chi connectivity index (χ3v) is 4.50. The van der Waals surface area contributed by atoms with Gasteiger partial charge in [0, 0.05) is 18.8 Å². The van der Waals surface area contributed by atoms with Gasteiger partial charge in [-0.15, -0.1) is 24.8 Å². The second-order valence-corrected chi connectivity index (χ2v) is 6.86. The van der Waals surface area contributed by atoms with E-state index in [0.29, 0.717) is 32.0 Å². The number of carbonyl (C=O) groups is 3. The molecule has 1 aromatic rings. The number of benzene rings is 1. The summed E-state index contributed by atoms with van der Waals surface area (Å²) in [6.45, 7) is 6.06. The number of morpholine rings is 1. The van der Waals surface area contributed by atoms with Crippen molar-refractivity contribution in [1.29, 1.82) is 0 Å². The van der Waals surface area contributed by atoms with Crippen LogP contribution >= 0.6 is 24.8 Å². The van der Waals surface area contributed by atoms with E-state index in [1.54, 1.807) is 12.1 Å². The third kappa shape index (κ3) is 7.64. The second-order valence-electron chi connectivity index (χ2n) is 6.86. The van der Waals surface area contributed by atoms with Gasteiger partial charge >= 0.3 is 5.97 Å². The van der Waals surface area contributed by atoms with Crippen LogP contribution in [0.1, 0.15) is 24.2 Å². The Morgan fingerprint density at radius 2 is 1.83 bits per heavy atom. The number of carbonyl (C=O) groups excluding carboxylic acids is 3. The lowest BCUT2D eigenvalue weighted by molar-refractivity contribution is -0.125. The zero-order valence-electron chi connectivity index (χ0n) is 17.3. The van der Waals surface area contributed by atoms with Gasteiger partial charge in [-0.1, -0.05) is 13.8 Å². The lowest BCUT2D eigenvalue weighted by Crippen LogP contribution is -2.46. The van der Waals surface area contributed by atoms with E-state index < -0.39 is 23.8 Å². The molecule has 0 unspecified atom stereocenters. The number of hydrogen-bond acceptors (Lipinski definition) is 7. The first kappa shape index (κ1) is 27.9. The molecule has 2 amide bonds. The number of halogens is 2. The zero-order valence-corrected chi connectivity index (χ0v) is 18.9. The molecule has 0 bridgehead atoms. The summed E-state index contributed by atoms with van der Waals surface area (Å²) in [5, 5.41) is 5.14. The molecule has 1 saturated heterocycles. The number of amides is 2. The van der Waals surface area contributed by atoms with Gasteiger partial charge in [0.25, 0.3) is 0 Å². The molecule has 0 aliphatic carbocycles. The highest BCUT2D eigenvalue weighted by molar-refractivity contribution is 6.03. The van der Waals surface area contributed by atoms with Gasteiger partial charge in [-0.05, 0) is 24.1 Å². The minimum absolute atomic E-state index is 0. The number of nitrogens with zero attached hydrogens (tertiary/aromatic N) is 1. The predicted molar refractivity (Wildman–Crippen MR) is 120 cm³/mol. The maximum Gasteiger partial charge on any atom is 0.340 e. The van der Waals surface area contributed by atoms with E-state index in [0.717, 1.165) is 5.69 Å². The topological polar surface area (TPSA) is 123 Å². The van der Waals surface area contributed by atoms with Crippen LogP contribution in [0.3, 0.4) is 0 Å². The van der Waals surface area contributed by atoms with Gasteiger partial charge in [0.15, 0.2) is 0 Å². The van der Waals surface area contributed by atoms with E-state index in [9.17, 15) is 14.4 Å². The average Bonchev–Trinajstić information content (AvgIpc) is 2.71. The second kappa shape index (κ2) is 13.3. The van der Waals surface area contributed by atoms with E-state index in [1.165, 1.54) is 7.11 Å². The molecule has 1 atom stereocenters. The van der Waals surface area contributed by atoms with E-state index >= 15 is 0 Å². The van der Waals surface area contributed by atoms with Crippen molar-refractivity contribution in [3.05, 3.63) is 23.8 Å². The fourth-order valence-corrected chi connectivity index (χ4v) is 2.72. The molecule has 1 aromatic carbocycles. The van der Waals surface area contributed by atoms with E-state index in [2.05, 4.69) is 15.5 Å². The zero-order chi connectivity index (χ0) is 20.7. The predicted octanol–water partition coefficient (Wildman–Crippen LogP) is 1.19. The van der Waals surface area contributed by atoms with Gasteiger partial charge in [0.2, 0.25) is 11.8 Å². The molecule has 30 heavy (non-hydrogen) atoms. The van der Waals surface area contributed by atoms with Crippen LogP contribution in [0, 0.1) is 5.92 Å².